The predicted molar refractivity (Wildman–Crippen MR) is 117 cm³/mol. The molecule has 9 nitrogen and oxygen atoms in total. The number of amides is 1. The summed E-state index contributed by atoms with van der Waals surface area (Å²) >= 11 is 0. The normalized spacial score (nSPS) is 10.8. The molecule has 9 heteroatoms. The third-order valence-electron chi connectivity index (χ3n) is 4.93. The van der Waals surface area contributed by atoms with Crippen LogP contribution in [0.5, 0.6) is 5.75 Å². The number of nitrogens with zero attached hydrogens (tertiary/aromatic N) is 3. The summed E-state index contributed by atoms with van der Waals surface area (Å²) in [6.45, 7) is 5.03. The zero-order valence-electron chi connectivity index (χ0n) is 17.9. The van der Waals surface area contributed by atoms with Crippen LogP contribution in [0.1, 0.15) is 36.7 Å². The Morgan fingerprint density at radius 2 is 1.81 bits per heavy atom. The average Bonchev–Trinajstić information content (AvgIpc) is 2.75. The summed E-state index contributed by atoms with van der Waals surface area (Å²) in [6.07, 6.45) is 2.19. The molecule has 0 spiro atoms. The van der Waals surface area contributed by atoms with E-state index in [-0.39, 0.29) is 16.8 Å². The number of ketones is 1. The number of aryl methyl sites for hydroxylation is 2. The van der Waals surface area contributed by atoms with Crippen LogP contribution in [-0.2, 0) is 24.8 Å². The van der Waals surface area contributed by atoms with E-state index in [4.69, 9.17) is 4.74 Å². The van der Waals surface area contributed by atoms with E-state index in [0.717, 1.165) is 10.1 Å². The van der Waals surface area contributed by atoms with E-state index in [2.05, 4.69) is 10.3 Å². The number of benzene rings is 1. The molecule has 2 heterocycles. The third-order valence-corrected chi connectivity index (χ3v) is 4.93. The molecule has 3 aromatic rings. The molecule has 0 aliphatic carbocycles. The number of fused-ring (bicyclic) bond motifs is 1. The van der Waals surface area contributed by atoms with E-state index >= 15 is 0 Å². The minimum atomic E-state index is -0.654. The van der Waals surface area contributed by atoms with Gasteiger partial charge in [0.2, 0.25) is 5.91 Å². The third kappa shape index (κ3) is 4.25. The number of anilines is 1. The molecule has 1 N–H and O–H groups in total. The SMILES string of the molecule is CCOc1c(CC)cnc2c1c(=O)n(CC(=O)Nc1ccc(C(C)=O)cc1)c(=O)n2C. The van der Waals surface area contributed by atoms with Crippen LogP contribution in [0.25, 0.3) is 11.0 Å². The largest absolute Gasteiger partial charge is 0.493 e. The molecule has 2 aromatic heterocycles. The molecule has 0 saturated heterocycles. The van der Waals surface area contributed by atoms with Gasteiger partial charge in [0.05, 0.1) is 6.61 Å². The summed E-state index contributed by atoms with van der Waals surface area (Å²) in [6, 6.07) is 6.35. The Kier molecular flexibility index (Phi) is 6.33. The van der Waals surface area contributed by atoms with Crippen LogP contribution in [0, 0.1) is 0 Å². The lowest BCUT2D eigenvalue weighted by Gasteiger charge is -2.15. The quantitative estimate of drug-likeness (QED) is 0.580. The highest BCUT2D eigenvalue weighted by Gasteiger charge is 2.20. The molecule has 31 heavy (non-hydrogen) atoms. The second kappa shape index (κ2) is 8.95. The van der Waals surface area contributed by atoms with Crippen LogP contribution in [0.4, 0.5) is 5.69 Å². The first kappa shape index (κ1) is 21.9. The van der Waals surface area contributed by atoms with Crippen LogP contribution in [0.15, 0.2) is 40.1 Å². The van der Waals surface area contributed by atoms with Gasteiger partial charge in [-0.05, 0) is 44.5 Å². The first-order valence-corrected chi connectivity index (χ1v) is 9.93. The summed E-state index contributed by atoms with van der Waals surface area (Å²) in [5.41, 5.74) is 0.620. The smallest absolute Gasteiger partial charge is 0.332 e. The van der Waals surface area contributed by atoms with Crippen LogP contribution in [-0.4, -0.2) is 32.4 Å². The first-order valence-electron chi connectivity index (χ1n) is 9.93. The topological polar surface area (TPSA) is 112 Å². The van der Waals surface area contributed by atoms with Gasteiger partial charge in [-0.25, -0.2) is 14.3 Å². The number of carbonyl (C=O) groups excluding carboxylic acids is 2. The number of rotatable bonds is 7. The molecule has 0 atom stereocenters. The zero-order chi connectivity index (χ0) is 22.7. The summed E-state index contributed by atoms with van der Waals surface area (Å²) < 4.78 is 7.80. The lowest BCUT2D eigenvalue weighted by Crippen LogP contribution is -2.42. The molecule has 0 bridgehead atoms. The molecule has 3 rings (SSSR count). The maximum Gasteiger partial charge on any atom is 0.332 e. The number of nitrogens with one attached hydrogen (secondary N) is 1. The Bertz CT molecular complexity index is 1270. The fraction of sp³-hybridized carbons (Fsp3) is 0.318. The van der Waals surface area contributed by atoms with E-state index in [1.54, 1.807) is 37.4 Å². The lowest BCUT2D eigenvalue weighted by atomic mass is 10.1. The van der Waals surface area contributed by atoms with Crippen LogP contribution in [0.2, 0.25) is 0 Å². The number of carbonyl (C=O) groups is 2. The van der Waals surface area contributed by atoms with Crippen molar-refractivity contribution in [2.45, 2.75) is 33.7 Å². The van der Waals surface area contributed by atoms with E-state index < -0.39 is 23.7 Å². The monoisotopic (exact) mass is 424 g/mol. The highest BCUT2D eigenvalue weighted by atomic mass is 16.5. The minimum absolute atomic E-state index is 0.0887. The van der Waals surface area contributed by atoms with E-state index in [0.29, 0.717) is 30.0 Å². The number of hydrogen-bond acceptors (Lipinski definition) is 6. The van der Waals surface area contributed by atoms with Gasteiger partial charge in [0.1, 0.15) is 17.7 Å². The Balaban J connectivity index is 2.02. The number of hydrogen-bond donors (Lipinski definition) is 1. The number of pyridine rings is 1. The Hall–Kier alpha value is -3.75. The molecular weight excluding hydrogens is 400 g/mol. The van der Waals surface area contributed by atoms with Gasteiger partial charge in [-0.1, -0.05) is 6.92 Å². The molecule has 162 valence electrons. The maximum absolute atomic E-state index is 13.2. The summed E-state index contributed by atoms with van der Waals surface area (Å²) in [5, 5.41) is 2.80. The van der Waals surface area contributed by atoms with Crippen molar-refractivity contribution in [3.8, 4) is 5.75 Å². The zero-order valence-corrected chi connectivity index (χ0v) is 17.9. The molecule has 0 saturated carbocycles. The number of ether oxygens (including phenoxy) is 1. The van der Waals surface area contributed by atoms with Crippen molar-refractivity contribution in [1.82, 2.24) is 14.1 Å². The minimum Gasteiger partial charge on any atom is -0.493 e. The maximum atomic E-state index is 13.2. The van der Waals surface area contributed by atoms with Crippen molar-refractivity contribution in [3.63, 3.8) is 0 Å². The van der Waals surface area contributed by atoms with Crippen LogP contribution < -0.4 is 21.3 Å². The van der Waals surface area contributed by atoms with Crippen molar-refractivity contribution in [2.24, 2.45) is 7.05 Å². The number of Topliss-reactive ketones (excluding diaryl/α,β-unsaturated/α-hetero) is 1. The molecule has 0 aliphatic rings. The van der Waals surface area contributed by atoms with Crippen LogP contribution in [0.3, 0.4) is 0 Å². The van der Waals surface area contributed by atoms with Gasteiger partial charge in [0.15, 0.2) is 11.4 Å². The van der Waals surface area contributed by atoms with Gasteiger partial charge in [0.25, 0.3) is 5.56 Å². The van der Waals surface area contributed by atoms with Crippen molar-refractivity contribution >= 4 is 28.4 Å². The summed E-state index contributed by atoms with van der Waals surface area (Å²) in [5.74, 6) is -0.259. The second-order valence-corrected chi connectivity index (χ2v) is 7.01. The molecule has 0 radical (unpaired) electrons. The predicted octanol–water partition coefficient (Wildman–Crippen LogP) is 1.90. The van der Waals surface area contributed by atoms with Crippen molar-refractivity contribution in [1.29, 1.82) is 0 Å². The average molecular weight is 424 g/mol. The van der Waals surface area contributed by atoms with E-state index in [1.807, 2.05) is 6.92 Å². The van der Waals surface area contributed by atoms with Crippen molar-refractivity contribution < 1.29 is 14.3 Å². The van der Waals surface area contributed by atoms with Gasteiger partial charge in [-0.2, -0.15) is 0 Å². The van der Waals surface area contributed by atoms with E-state index in [9.17, 15) is 19.2 Å². The standard InChI is InChI=1S/C22H24N4O5/c1-5-14-11-23-20-18(19(14)31-6-2)21(29)26(22(30)25(20)4)12-17(28)24-16-9-7-15(8-10-16)13(3)27/h7-11H,5-6,12H2,1-4H3,(H,24,28). The molecular formula is C22H24N4O5. The highest BCUT2D eigenvalue weighted by molar-refractivity contribution is 5.95. The number of aromatic nitrogens is 3. The Labute approximate surface area is 178 Å². The van der Waals surface area contributed by atoms with Gasteiger partial charge in [-0.15, -0.1) is 0 Å². The molecule has 0 aliphatic heterocycles. The lowest BCUT2D eigenvalue weighted by molar-refractivity contribution is -0.116. The van der Waals surface area contributed by atoms with Crippen molar-refractivity contribution in [2.75, 3.05) is 11.9 Å². The highest BCUT2D eigenvalue weighted by Crippen LogP contribution is 2.25. The second-order valence-electron chi connectivity index (χ2n) is 7.01. The first-order chi connectivity index (χ1) is 14.8. The Morgan fingerprint density at radius 1 is 1.13 bits per heavy atom. The van der Waals surface area contributed by atoms with Gasteiger partial charge < -0.3 is 10.1 Å². The fourth-order valence-electron chi connectivity index (χ4n) is 3.30. The molecule has 1 aromatic carbocycles. The van der Waals surface area contributed by atoms with E-state index in [1.165, 1.54) is 18.5 Å². The van der Waals surface area contributed by atoms with Gasteiger partial charge in [0, 0.05) is 30.1 Å². The summed E-state index contributed by atoms with van der Waals surface area (Å²) in [4.78, 5) is 54.1. The van der Waals surface area contributed by atoms with Crippen LogP contribution >= 0.6 is 0 Å². The summed E-state index contributed by atoms with van der Waals surface area (Å²) in [7, 11) is 1.49. The Morgan fingerprint density at radius 3 is 2.39 bits per heavy atom. The van der Waals surface area contributed by atoms with Gasteiger partial charge >= 0.3 is 5.69 Å². The molecule has 0 unspecified atom stereocenters. The van der Waals surface area contributed by atoms with Gasteiger partial charge in [-0.3, -0.25) is 19.0 Å². The molecule has 1 amide bonds. The fourth-order valence-corrected chi connectivity index (χ4v) is 3.30. The van der Waals surface area contributed by atoms with Crippen molar-refractivity contribution in [3.05, 3.63) is 62.4 Å². The molecule has 0 fully saturated rings.